The number of aliphatic hydroxyl groups is 1. The van der Waals surface area contributed by atoms with Gasteiger partial charge < -0.3 is 25.2 Å². The fourth-order valence-electron chi connectivity index (χ4n) is 2.23. The van der Waals surface area contributed by atoms with E-state index in [2.05, 4.69) is 10.6 Å². The molecule has 1 atom stereocenters. The number of hydrogen-bond donors (Lipinski definition) is 3. The number of rotatable bonds is 7. The second-order valence-electron chi connectivity index (χ2n) is 5.32. The number of urea groups is 1. The van der Waals surface area contributed by atoms with E-state index >= 15 is 0 Å². The van der Waals surface area contributed by atoms with E-state index in [-0.39, 0.29) is 12.6 Å². The Balaban J connectivity index is 1.81. The second-order valence-corrected chi connectivity index (χ2v) is 5.76. The lowest BCUT2D eigenvalue weighted by Crippen LogP contribution is -2.37. The summed E-state index contributed by atoms with van der Waals surface area (Å²) in [5, 5.41) is 16.0. The molecule has 0 radical (unpaired) electrons. The summed E-state index contributed by atoms with van der Waals surface area (Å²) in [6, 6.07) is 11.9. The zero-order chi connectivity index (χ0) is 18.2. The highest BCUT2D eigenvalue weighted by Gasteiger charge is 2.10. The van der Waals surface area contributed by atoms with E-state index in [1.165, 1.54) is 0 Å². The van der Waals surface area contributed by atoms with Crippen molar-refractivity contribution in [2.45, 2.75) is 12.6 Å². The predicted molar refractivity (Wildman–Crippen MR) is 96.2 cm³/mol. The average Bonchev–Trinajstić information content (AvgIpc) is 2.64. The van der Waals surface area contributed by atoms with Gasteiger partial charge in [0.2, 0.25) is 0 Å². The minimum Gasteiger partial charge on any atom is -0.493 e. The van der Waals surface area contributed by atoms with E-state index in [4.69, 9.17) is 21.1 Å². The van der Waals surface area contributed by atoms with Crippen LogP contribution in [0.25, 0.3) is 0 Å². The highest BCUT2D eigenvalue weighted by atomic mass is 35.5. The van der Waals surface area contributed by atoms with Crippen molar-refractivity contribution in [3.8, 4) is 11.5 Å². The second kappa shape index (κ2) is 9.15. The number of methoxy groups -OCH3 is 2. The van der Waals surface area contributed by atoms with Crippen LogP contribution in [-0.4, -0.2) is 31.9 Å². The summed E-state index contributed by atoms with van der Waals surface area (Å²) in [6.45, 7) is 0.419. The average molecular weight is 365 g/mol. The van der Waals surface area contributed by atoms with Crippen molar-refractivity contribution in [2.75, 3.05) is 20.8 Å². The fourth-order valence-corrected chi connectivity index (χ4v) is 2.35. The molecule has 0 spiro atoms. The molecule has 6 nitrogen and oxygen atoms in total. The van der Waals surface area contributed by atoms with Crippen LogP contribution in [0.5, 0.6) is 11.5 Å². The number of benzene rings is 2. The van der Waals surface area contributed by atoms with Crippen LogP contribution in [0.1, 0.15) is 17.2 Å². The summed E-state index contributed by atoms with van der Waals surface area (Å²) < 4.78 is 10.4. The van der Waals surface area contributed by atoms with E-state index in [0.717, 1.165) is 5.56 Å². The minimum absolute atomic E-state index is 0.0966. The lowest BCUT2D eigenvalue weighted by Gasteiger charge is -2.14. The van der Waals surface area contributed by atoms with E-state index in [0.29, 0.717) is 28.6 Å². The van der Waals surface area contributed by atoms with E-state index in [1.54, 1.807) is 50.6 Å². The van der Waals surface area contributed by atoms with Crippen LogP contribution in [0.4, 0.5) is 4.79 Å². The maximum absolute atomic E-state index is 11.9. The van der Waals surface area contributed by atoms with Crippen molar-refractivity contribution >= 4 is 17.6 Å². The van der Waals surface area contributed by atoms with Gasteiger partial charge in [-0.05, 0) is 35.4 Å². The molecule has 2 rings (SSSR count). The molecule has 3 N–H and O–H groups in total. The molecular formula is C18H21ClN2O4. The number of aliphatic hydroxyl groups excluding tert-OH is 1. The summed E-state index contributed by atoms with van der Waals surface area (Å²) in [4.78, 5) is 11.9. The van der Waals surface area contributed by atoms with Gasteiger partial charge in [-0.25, -0.2) is 4.79 Å². The largest absolute Gasteiger partial charge is 0.493 e. The number of halogens is 1. The van der Waals surface area contributed by atoms with Gasteiger partial charge in [0.25, 0.3) is 0 Å². The van der Waals surface area contributed by atoms with Crippen LogP contribution >= 0.6 is 11.6 Å². The highest BCUT2D eigenvalue weighted by molar-refractivity contribution is 6.30. The monoisotopic (exact) mass is 364 g/mol. The van der Waals surface area contributed by atoms with Crippen LogP contribution in [0.3, 0.4) is 0 Å². The number of carbonyl (C=O) groups is 1. The Kier molecular flexibility index (Phi) is 6.91. The van der Waals surface area contributed by atoms with Crippen molar-refractivity contribution in [1.29, 1.82) is 0 Å². The first-order valence-corrected chi connectivity index (χ1v) is 8.07. The standard InChI is InChI=1S/C18H21ClN2O4/c1-24-16-8-3-12(9-17(16)25-2)10-20-18(23)21-11-15(22)13-4-6-14(19)7-5-13/h3-9,15,22H,10-11H2,1-2H3,(H2,20,21,23). The number of ether oxygens (including phenoxy) is 2. The van der Waals surface area contributed by atoms with Crippen molar-refractivity contribution in [1.82, 2.24) is 10.6 Å². The van der Waals surface area contributed by atoms with Gasteiger partial charge in [0.05, 0.1) is 20.3 Å². The smallest absolute Gasteiger partial charge is 0.315 e. The zero-order valence-corrected chi connectivity index (χ0v) is 14.8. The first kappa shape index (κ1) is 18.9. The number of carbonyl (C=O) groups excluding carboxylic acids is 1. The molecule has 0 aromatic heterocycles. The van der Waals surface area contributed by atoms with Crippen LogP contribution in [0, 0.1) is 0 Å². The maximum atomic E-state index is 11.9. The molecule has 0 bridgehead atoms. The Hall–Kier alpha value is -2.44. The summed E-state index contributed by atoms with van der Waals surface area (Å²) in [5.74, 6) is 1.22. The van der Waals surface area contributed by atoms with Gasteiger partial charge >= 0.3 is 6.03 Å². The molecule has 0 saturated carbocycles. The Morgan fingerprint density at radius 2 is 1.76 bits per heavy atom. The summed E-state index contributed by atoms with van der Waals surface area (Å²) in [7, 11) is 3.12. The lowest BCUT2D eigenvalue weighted by molar-refractivity contribution is 0.173. The third-order valence-corrected chi connectivity index (χ3v) is 3.86. The van der Waals surface area contributed by atoms with Gasteiger partial charge in [-0.2, -0.15) is 0 Å². The Bertz CT molecular complexity index is 707. The molecule has 0 aliphatic carbocycles. The molecule has 7 heteroatoms. The third kappa shape index (κ3) is 5.55. The van der Waals surface area contributed by atoms with Crippen LogP contribution in [-0.2, 0) is 6.54 Å². The van der Waals surface area contributed by atoms with E-state index < -0.39 is 6.10 Å². The van der Waals surface area contributed by atoms with Crippen molar-refractivity contribution < 1.29 is 19.4 Å². The number of amides is 2. The van der Waals surface area contributed by atoms with Gasteiger partial charge in [-0.15, -0.1) is 0 Å². The minimum atomic E-state index is -0.802. The fraction of sp³-hybridized carbons (Fsp3) is 0.278. The number of hydrogen-bond acceptors (Lipinski definition) is 4. The summed E-state index contributed by atoms with van der Waals surface area (Å²) >= 11 is 5.81. The highest BCUT2D eigenvalue weighted by Crippen LogP contribution is 2.27. The van der Waals surface area contributed by atoms with Crippen molar-refractivity contribution in [3.63, 3.8) is 0 Å². The molecular weight excluding hydrogens is 344 g/mol. The Morgan fingerprint density at radius 1 is 1.08 bits per heavy atom. The van der Waals surface area contributed by atoms with Gasteiger partial charge in [-0.1, -0.05) is 29.8 Å². The Labute approximate surface area is 151 Å². The first-order valence-electron chi connectivity index (χ1n) is 7.69. The molecule has 0 saturated heterocycles. The molecule has 2 amide bonds. The molecule has 2 aromatic carbocycles. The van der Waals surface area contributed by atoms with Gasteiger partial charge in [0, 0.05) is 18.1 Å². The third-order valence-electron chi connectivity index (χ3n) is 3.61. The summed E-state index contributed by atoms with van der Waals surface area (Å²) in [5.41, 5.74) is 1.55. The molecule has 25 heavy (non-hydrogen) atoms. The maximum Gasteiger partial charge on any atom is 0.315 e. The lowest BCUT2D eigenvalue weighted by atomic mass is 10.1. The van der Waals surface area contributed by atoms with E-state index in [9.17, 15) is 9.90 Å². The van der Waals surface area contributed by atoms with Gasteiger partial charge in [-0.3, -0.25) is 0 Å². The molecule has 1 unspecified atom stereocenters. The van der Waals surface area contributed by atoms with Crippen LogP contribution in [0.2, 0.25) is 5.02 Å². The van der Waals surface area contributed by atoms with Crippen LogP contribution < -0.4 is 20.1 Å². The zero-order valence-electron chi connectivity index (χ0n) is 14.1. The topological polar surface area (TPSA) is 79.8 Å². The summed E-state index contributed by atoms with van der Waals surface area (Å²) in [6.07, 6.45) is -0.802. The molecule has 2 aromatic rings. The molecule has 0 fully saturated rings. The quantitative estimate of drug-likeness (QED) is 0.705. The SMILES string of the molecule is COc1ccc(CNC(=O)NCC(O)c2ccc(Cl)cc2)cc1OC. The molecule has 134 valence electrons. The molecule has 0 heterocycles. The van der Waals surface area contributed by atoms with Crippen LogP contribution in [0.15, 0.2) is 42.5 Å². The number of nitrogens with one attached hydrogen (secondary N) is 2. The van der Waals surface area contributed by atoms with Gasteiger partial charge in [0.1, 0.15) is 0 Å². The molecule has 0 aliphatic heterocycles. The van der Waals surface area contributed by atoms with Crippen molar-refractivity contribution in [2.24, 2.45) is 0 Å². The van der Waals surface area contributed by atoms with Crippen molar-refractivity contribution in [3.05, 3.63) is 58.6 Å². The first-order chi connectivity index (χ1) is 12.0. The molecule has 0 aliphatic rings. The van der Waals surface area contributed by atoms with E-state index in [1.807, 2.05) is 6.07 Å². The Morgan fingerprint density at radius 3 is 2.40 bits per heavy atom. The van der Waals surface area contributed by atoms with Gasteiger partial charge in [0.15, 0.2) is 11.5 Å². The normalized spacial score (nSPS) is 11.5. The predicted octanol–water partition coefficient (Wildman–Crippen LogP) is 2.89.